The smallest absolute Gasteiger partial charge is 0.234 e. The Bertz CT molecular complexity index is 1580. The van der Waals surface area contributed by atoms with Gasteiger partial charge in [-0.2, -0.15) is 0 Å². The molecule has 184 valence electrons. The standard InChI is InChI=1S/C25H23N5O5S/c1-32-19-9-8-14(10-22(19)34-3)24-28-29-25(30(24)26)36-13-23(31)27-17-12-20-16(11-21(17)33-2)15-6-4-5-7-18(15)35-20/h4-12H,13,26H2,1-3H3,(H,27,31). The summed E-state index contributed by atoms with van der Waals surface area (Å²) < 4.78 is 23.4. The number of fused-ring (bicyclic) bond motifs is 3. The van der Waals surface area contributed by atoms with Gasteiger partial charge in [0.1, 0.15) is 16.9 Å². The highest BCUT2D eigenvalue weighted by atomic mass is 32.2. The number of anilines is 1. The maximum absolute atomic E-state index is 12.8. The number of hydrogen-bond donors (Lipinski definition) is 2. The number of ether oxygens (including phenoxy) is 3. The maximum atomic E-state index is 12.8. The fraction of sp³-hybridized carbons (Fsp3) is 0.160. The summed E-state index contributed by atoms with van der Waals surface area (Å²) in [6, 6.07) is 16.7. The zero-order valence-corrected chi connectivity index (χ0v) is 20.6. The lowest BCUT2D eigenvalue weighted by Gasteiger charge is -2.10. The van der Waals surface area contributed by atoms with Crippen LogP contribution >= 0.6 is 11.8 Å². The molecule has 2 heterocycles. The zero-order valence-electron chi connectivity index (χ0n) is 19.8. The van der Waals surface area contributed by atoms with Gasteiger partial charge in [-0.3, -0.25) is 4.79 Å². The van der Waals surface area contributed by atoms with Crippen LogP contribution in [0.3, 0.4) is 0 Å². The number of methoxy groups -OCH3 is 3. The summed E-state index contributed by atoms with van der Waals surface area (Å²) in [7, 11) is 4.67. The molecule has 2 aromatic heterocycles. The number of benzene rings is 3. The number of furan rings is 1. The summed E-state index contributed by atoms with van der Waals surface area (Å²) in [6.45, 7) is 0. The fourth-order valence-corrected chi connectivity index (χ4v) is 4.54. The summed E-state index contributed by atoms with van der Waals surface area (Å²) >= 11 is 1.16. The third-order valence-electron chi connectivity index (χ3n) is 5.61. The molecule has 36 heavy (non-hydrogen) atoms. The number of thioether (sulfide) groups is 1. The van der Waals surface area contributed by atoms with Gasteiger partial charge in [0.2, 0.25) is 11.1 Å². The number of amides is 1. The Hall–Kier alpha value is -4.38. The topological polar surface area (TPSA) is 127 Å². The van der Waals surface area contributed by atoms with E-state index >= 15 is 0 Å². The predicted octanol–water partition coefficient (Wildman–Crippen LogP) is 4.31. The van der Waals surface area contributed by atoms with Crippen LogP contribution in [-0.2, 0) is 4.79 Å². The molecule has 10 nitrogen and oxygen atoms in total. The van der Waals surface area contributed by atoms with Crippen molar-refractivity contribution in [1.29, 1.82) is 0 Å². The maximum Gasteiger partial charge on any atom is 0.234 e. The Kier molecular flexibility index (Phi) is 6.30. The van der Waals surface area contributed by atoms with Crippen molar-refractivity contribution in [3.8, 4) is 28.6 Å². The Morgan fingerprint density at radius 2 is 1.72 bits per heavy atom. The number of rotatable bonds is 8. The van der Waals surface area contributed by atoms with Crippen molar-refractivity contribution >= 4 is 45.3 Å². The predicted molar refractivity (Wildman–Crippen MR) is 138 cm³/mol. The lowest BCUT2D eigenvalue weighted by atomic mass is 10.1. The zero-order chi connectivity index (χ0) is 25.2. The summed E-state index contributed by atoms with van der Waals surface area (Å²) in [5.74, 6) is 8.11. The minimum Gasteiger partial charge on any atom is -0.495 e. The molecule has 5 aromatic rings. The van der Waals surface area contributed by atoms with Crippen molar-refractivity contribution in [3.63, 3.8) is 0 Å². The van der Waals surface area contributed by atoms with Crippen molar-refractivity contribution in [1.82, 2.24) is 14.9 Å². The molecule has 0 radical (unpaired) electrons. The second-order valence-electron chi connectivity index (χ2n) is 7.73. The van der Waals surface area contributed by atoms with E-state index in [9.17, 15) is 4.79 Å². The quantitative estimate of drug-likeness (QED) is 0.234. The molecule has 0 fully saturated rings. The first-order valence-electron chi connectivity index (χ1n) is 10.9. The van der Waals surface area contributed by atoms with Crippen molar-refractivity contribution in [2.24, 2.45) is 0 Å². The summed E-state index contributed by atoms with van der Waals surface area (Å²) in [6.07, 6.45) is 0. The second kappa shape index (κ2) is 9.70. The molecular formula is C25H23N5O5S. The summed E-state index contributed by atoms with van der Waals surface area (Å²) in [4.78, 5) is 12.8. The number of nitrogens with two attached hydrogens (primary N) is 1. The molecule has 0 aliphatic carbocycles. The van der Waals surface area contributed by atoms with Crippen molar-refractivity contribution in [2.75, 3.05) is 38.2 Å². The van der Waals surface area contributed by atoms with Crippen molar-refractivity contribution in [2.45, 2.75) is 5.16 Å². The third-order valence-corrected chi connectivity index (χ3v) is 6.55. The van der Waals surface area contributed by atoms with E-state index < -0.39 is 0 Å². The van der Waals surface area contributed by atoms with Crippen LogP contribution in [-0.4, -0.2) is 47.9 Å². The van der Waals surface area contributed by atoms with E-state index in [2.05, 4.69) is 15.5 Å². The first kappa shape index (κ1) is 23.4. The molecule has 1 amide bonds. The molecular weight excluding hydrogens is 482 g/mol. The number of hydrogen-bond acceptors (Lipinski definition) is 9. The van der Waals surface area contributed by atoms with Gasteiger partial charge in [-0.15, -0.1) is 10.2 Å². The second-order valence-corrected chi connectivity index (χ2v) is 8.67. The van der Waals surface area contributed by atoms with Crippen molar-refractivity contribution < 1.29 is 23.4 Å². The highest BCUT2D eigenvalue weighted by Crippen LogP contribution is 2.36. The molecule has 0 saturated heterocycles. The van der Waals surface area contributed by atoms with Crippen LogP contribution in [0.2, 0.25) is 0 Å². The third kappa shape index (κ3) is 4.24. The molecule has 5 rings (SSSR count). The number of carbonyl (C=O) groups is 1. The van der Waals surface area contributed by atoms with E-state index in [0.717, 1.165) is 28.1 Å². The van der Waals surface area contributed by atoms with Gasteiger partial charge in [0.25, 0.3) is 0 Å². The van der Waals surface area contributed by atoms with Gasteiger partial charge in [0.15, 0.2) is 17.3 Å². The highest BCUT2D eigenvalue weighted by molar-refractivity contribution is 7.99. The van der Waals surface area contributed by atoms with Gasteiger partial charge in [0, 0.05) is 22.4 Å². The number of nitrogens with one attached hydrogen (secondary N) is 1. The number of nitrogen functional groups attached to an aromatic ring is 1. The summed E-state index contributed by atoms with van der Waals surface area (Å²) in [5, 5.41) is 13.4. The largest absolute Gasteiger partial charge is 0.495 e. The van der Waals surface area contributed by atoms with Crippen LogP contribution in [0.4, 0.5) is 5.69 Å². The number of carbonyl (C=O) groups excluding carboxylic acids is 1. The lowest BCUT2D eigenvalue weighted by Crippen LogP contribution is -2.17. The average molecular weight is 506 g/mol. The van der Waals surface area contributed by atoms with Crippen LogP contribution in [0.5, 0.6) is 17.2 Å². The molecule has 0 unspecified atom stereocenters. The van der Waals surface area contributed by atoms with Gasteiger partial charge in [0.05, 0.1) is 32.8 Å². The Morgan fingerprint density at radius 3 is 2.50 bits per heavy atom. The Morgan fingerprint density at radius 1 is 0.944 bits per heavy atom. The molecule has 0 bridgehead atoms. The first-order valence-corrected chi connectivity index (χ1v) is 11.9. The molecule has 0 aliphatic heterocycles. The molecule has 0 saturated carbocycles. The van der Waals surface area contributed by atoms with Crippen LogP contribution in [0.1, 0.15) is 0 Å². The molecule has 0 aliphatic rings. The molecule has 3 N–H and O–H groups in total. The van der Waals surface area contributed by atoms with E-state index in [1.54, 1.807) is 45.6 Å². The first-order chi connectivity index (χ1) is 17.5. The van der Waals surface area contributed by atoms with E-state index in [1.165, 1.54) is 4.68 Å². The number of nitrogens with zero attached hydrogens (tertiary/aromatic N) is 3. The van der Waals surface area contributed by atoms with Gasteiger partial charge < -0.3 is 29.8 Å². The molecule has 0 atom stereocenters. The molecule has 3 aromatic carbocycles. The lowest BCUT2D eigenvalue weighted by molar-refractivity contribution is -0.113. The minimum absolute atomic E-state index is 0.0581. The highest BCUT2D eigenvalue weighted by Gasteiger charge is 2.18. The monoisotopic (exact) mass is 505 g/mol. The molecule has 11 heteroatoms. The van der Waals surface area contributed by atoms with Crippen LogP contribution in [0.25, 0.3) is 33.3 Å². The van der Waals surface area contributed by atoms with Crippen molar-refractivity contribution in [3.05, 3.63) is 54.6 Å². The van der Waals surface area contributed by atoms with Gasteiger partial charge in [-0.05, 0) is 30.3 Å². The summed E-state index contributed by atoms with van der Waals surface area (Å²) in [5.41, 5.74) is 2.63. The van der Waals surface area contributed by atoms with E-state index in [0.29, 0.717) is 45.1 Å². The van der Waals surface area contributed by atoms with Crippen LogP contribution in [0.15, 0.2) is 64.2 Å². The SMILES string of the molecule is COc1cc2c(cc1NC(=O)CSc1nnc(-c3ccc(OC)c(OC)c3)n1N)oc1ccccc12. The molecule has 0 spiro atoms. The van der Waals surface area contributed by atoms with E-state index in [1.807, 2.05) is 30.3 Å². The van der Waals surface area contributed by atoms with Crippen LogP contribution in [0, 0.1) is 0 Å². The van der Waals surface area contributed by atoms with E-state index in [-0.39, 0.29) is 11.7 Å². The number of para-hydroxylation sites is 1. The Balaban J connectivity index is 1.31. The van der Waals surface area contributed by atoms with Gasteiger partial charge >= 0.3 is 0 Å². The van der Waals surface area contributed by atoms with E-state index in [4.69, 9.17) is 24.5 Å². The average Bonchev–Trinajstić information content (AvgIpc) is 3.45. The fourth-order valence-electron chi connectivity index (χ4n) is 3.88. The van der Waals surface area contributed by atoms with Gasteiger partial charge in [-0.25, -0.2) is 4.68 Å². The Labute approximate surface area is 210 Å². The van der Waals surface area contributed by atoms with Gasteiger partial charge in [-0.1, -0.05) is 30.0 Å². The van der Waals surface area contributed by atoms with Crippen LogP contribution < -0.4 is 25.4 Å². The number of aromatic nitrogens is 3. The minimum atomic E-state index is -0.260. The normalized spacial score (nSPS) is 11.1.